The normalized spacial score (nSPS) is 27.4. The largest absolute Gasteiger partial charge is 0.390 e. The van der Waals surface area contributed by atoms with E-state index in [1.54, 1.807) is 12.1 Å². The van der Waals surface area contributed by atoms with Gasteiger partial charge < -0.3 is 15.3 Å². The summed E-state index contributed by atoms with van der Waals surface area (Å²) in [4.78, 5) is 2.35. The first-order valence-corrected chi connectivity index (χ1v) is 8.61. The predicted octanol–water partition coefficient (Wildman–Crippen LogP) is 2.51. The number of hydrogen-bond donors (Lipinski definition) is 2. The van der Waals surface area contributed by atoms with Gasteiger partial charge in [0.1, 0.15) is 5.82 Å². The Morgan fingerprint density at radius 3 is 2.59 bits per heavy atom. The van der Waals surface area contributed by atoms with Crippen molar-refractivity contribution in [3.05, 3.63) is 35.6 Å². The van der Waals surface area contributed by atoms with Gasteiger partial charge in [-0.05, 0) is 62.4 Å². The van der Waals surface area contributed by atoms with Crippen molar-refractivity contribution in [2.75, 3.05) is 26.2 Å². The van der Waals surface area contributed by atoms with Gasteiger partial charge in [0.25, 0.3) is 0 Å². The van der Waals surface area contributed by atoms with Crippen LogP contribution in [0.15, 0.2) is 24.3 Å². The van der Waals surface area contributed by atoms with E-state index in [1.165, 1.54) is 24.8 Å². The summed E-state index contributed by atoms with van der Waals surface area (Å²) in [6.45, 7) is 3.68. The molecule has 1 aliphatic heterocycles. The molecule has 3 nitrogen and oxygen atoms in total. The maximum Gasteiger partial charge on any atom is 0.123 e. The van der Waals surface area contributed by atoms with Gasteiger partial charge in [0.2, 0.25) is 0 Å². The quantitative estimate of drug-likeness (QED) is 0.848. The number of halogens is 1. The molecule has 2 fully saturated rings. The number of hydrogen-bond acceptors (Lipinski definition) is 3. The molecule has 1 aromatic rings. The Bertz CT molecular complexity index is 459. The van der Waals surface area contributed by atoms with Crippen LogP contribution >= 0.6 is 0 Å². The molecule has 0 aromatic heterocycles. The molecule has 1 heterocycles. The smallest absolute Gasteiger partial charge is 0.123 e. The third kappa shape index (κ3) is 4.06. The molecular formula is C18H27FN2O. The molecule has 2 aliphatic rings. The van der Waals surface area contributed by atoms with Gasteiger partial charge in [-0.2, -0.15) is 0 Å². The van der Waals surface area contributed by atoms with Crippen LogP contribution in [0.4, 0.5) is 4.39 Å². The first kappa shape index (κ1) is 15.9. The first-order chi connectivity index (χ1) is 10.7. The summed E-state index contributed by atoms with van der Waals surface area (Å²) in [5.74, 6) is 0.270. The number of aliphatic hydroxyl groups excluding tert-OH is 1. The zero-order valence-corrected chi connectivity index (χ0v) is 13.2. The lowest BCUT2D eigenvalue weighted by atomic mass is 9.94. The van der Waals surface area contributed by atoms with Gasteiger partial charge in [0, 0.05) is 19.1 Å². The highest BCUT2D eigenvalue weighted by Crippen LogP contribution is 2.34. The van der Waals surface area contributed by atoms with Gasteiger partial charge in [0.15, 0.2) is 0 Å². The Kier molecular flexibility index (Phi) is 5.45. The third-order valence-electron chi connectivity index (χ3n) is 5.10. The fourth-order valence-corrected chi connectivity index (χ4v) is 3.93. The number of benzene rings is 1. The maximum atomic E-state index is 13.1. The molecule has 0 radical (unpaired) electrons. The van der Waals surface area contributed by atoms with E-state index >= 15 is 0 Å². The van der Waals surface area contributed by atoms with Gasteiger partial charge in [-0.25, -0.2) is 4.39 Å². The molecule has 1 saturated heterocycles. The molecule has 0 bridgehead atoms. The van der Waals surface area contributed by atoms with Crippen molar-refractivity contribution in [1.82, 2.24) is 10.2 Å². The average molecular weight is 306 g/mol. The van der Waals surface area contributed by atoms with Gasteiger partial charge >= 0.3 is 0 Å². The van der Waals surface area contributed by atoms with Gasteiger partial charge in [-0.3, -0.25) is 0 Å². The van der Waals surface area contributed by atoms with Crippen LogP contribution in [0.1, 0.15) is 43.6 Å². The minimum Gasteiger partial charge on any atom is -0.390 e. The van der Waals surface area contributed by atoms with Crippen LogP contribution in [0.5, 0.6) is 0 Å². The molecule has 0 amide bonds. The standard InChI is InChI=1S/C18H27FN2O/c19-15-8-6-14(7-9-15)17-4-3-5-18(17)20-12-16(22)13-21-10-1-2-11-21/h6-9,16-18,20,22H,1-5,10-13H2. The zero-order valence-electron chi connectivity index (χ0n) is 13.2. The minimum absolute atomic E-state index is 0.174. The van der Waals surface area contributed by atoms with Crippen molar-refractivity contribution in [2.24, 2.45) is 0 Å². The molecule has 4 heteroatoms. The lowest BCUT2D eigenvalue weighted by molar-refractivity contribution is 0.120. The number of rotatable bonds is 6. The lowest BCUT2D eigenvalue weighted by Gasteiger charge is -2.25. The van der Waals surface area contributed by atoms with E-state index in [0.29, 0.717) is 18.5 Å². The van der Waals surface area contributed by atoms with Gasteiger partial charge in [-0.15, -0.1) is 0 Å². The van der Waals surface area contributed by atoms with E-state index in [2.05, 4.69) is 10.2 Å². The summed E-state index contributed by atoms with van der Waals surface area (Å²) >= 11 is 0. The molecule has 0 spiro atoms. The SMILES string of the molecule is OC(CNC1CCCC1c1ccc(F)cc1)CN1CCCC1. The molecule has 1 aromatic carbocycles. The first-order valence-electron chi connectivity index (χ1n) is 8.61. The monoisotopic (exact) mass is 306 g/mol. The number of β-amino-alcohol motifs (C(OH)–C–C–N with tert-alkyl or cyclic N) is 1. The molecule has 22 heavy (non-hydrogen) atoms. The fraction of sp³-hybridized carbons (Fsp3) is 0.667. The van der Waals surface area contributed by atoms with Crippen LogP contribution < -0.4 is 5.32 Å². The molecule has 3 atom stereocenters. The van der Waals surface area contributed by atoms with Crippen molar-refractivity contribution < 1.29 is 9.50 Å². The predicted molar refractivity (Wildman–Crippen MR) is 86.5 cm³/mol. The lowest BCUT2D eigenvalue weighted by Crippen LogP contribution is -2.41. The van der Waals surface area contributed by atoms with Gasteiger partial charge in [0.05, 0.1) is 6.10 Å². The van der Waals surface area contributed by atoms with E-state index in [9.17, 15) is 9.50 Å². The van der Waals surface area contributed by atoms with Crippen molar-refractivity contribution in [3.8, 4) is 0 Å². The molecule has 2 N–H and O–H groups in total. The van der Waals surface area contributed by atoms with E-state index in [4.69, 9.17) is 0 Å². The Balaban J connectivity index is 1.49. The Morgan fingerprint density at radius 2 is 1.86 bits per heavy atom. The highest BCUT2D eigenvalue weighted by molar-refractivity contribution is 5.23. The molecular weight excluding hydrogens is 279 g/mol. The van der Waals surface area contributed by atoms with Crippen LogP contribution in [-0.4, -0.2) is 48.3 Å². The second kappa shape index (κ2) is 7.53. The number of likely N-dealkylation sites (tertiary alicyclic amines) is 1. The summed E-state index contributed by atoms with van der Waals surface area (Å²) in [6, 6.07) is 7.31. The van der Waals surface area contributed by atoms with Gasteiger partial charge in [-0.1, -0.05) is 18.6 Å². The van der Waals surface area contributed by atoms with Crippen LogP contribution in [0.25, 0.3) is 0 Å². The van der Waals surface area contributed by atoms with E-state index < -0.39 is 0 Å². The van der Waals surface area contributed by atoms with E-state index in [0.717, 1.165) is 32.5 Å². The topological polar surface area (TPSA) is 35.5 Å². The zero-order chi connectivity index (χ0) is 15.4. The maximum absolute atomic E-state index is 13.1. The number of nitrogens with one attached hydrogen (secondary N) is 1. The Labute approximate surface area is 132 Å². The van der Waals surface area contributed by atoms with Crippen molar-refractivity contribution in [2.45, 2.75) is 50.2 Å². The van der Waals surface area contributed by atoms with Crippen molar-refractivity contribution >= 4 is 0 Å². The second-order valence-corrected chi connectivity index (χ2v) is 6.77. The van der Waals surface area contributed by atoms with Crippen molar-refractivity contribution in [3.63, 3.8) is 0 Å². The van der Waals surface area contributed by atoms with Crippen LogP contribution in [-0.2, 0) is 0 Å². The fourth-order valence-electron chi connectivity index (χ4n) is 3.93. The highest BCUT2D eigenvalue weighted by Gasteiger charge is 2.28. The summed E-state index contributed by atoms with van der Waals surface area (Å²) in [6.07, 6.45) is 5.70. The summed E-state index contributed by atoms with van der Waals surface area (Å²) < 4.78 is 13.1. The van der Waals surface area contributed by atoms with Crippen LogP contribution in [0.3, 0.4) is 0 Å². The highest BCUT2D eigenvalue weighted by atomic mass is 19.1. The second-order valence-electron chi connectivity index (χ2n) is 6.77. The summed E-state index contributed by atoms with van der Waals surface area (Å²) in [7, 11) is 0. The molecule has 3 unspecified atom stereocenters. The summed E-state index contributed by atoms with van der Waals surface area (Å²) in [5, 5.41) is 13.8. The number of aliphatic hydroxyl groups is 1. The summed E-state index contributed by atoms with van der Waals surface area (Å²) in [5.41, 5.74) is 1.21. The number of nitrogens with zero attached hydrogens (tertiary/aromatic N) is 1. The van der Waals surface area contributed by atoms with E-state index in [-0.39, 0.29) is 11.9 Å². The Morgan fingerprint density at radius 1 is 1.14 bits per heavy atom. The van der Waals surface area contributed by atoms with Crippen LogP contribution in [0.2, 0.25) is 0 Å². The minimum atomic E-state index is -0.299. The van der Waals surface area contributed by atoms with Crippen LogP contribution in [0, 0.1) is 5.82 Å². The Hall–Kier alpha value is -0.970. The average Bonchev–Trinajstić information content (AvgIpc) is 3.17. The molecule has 1 saturated carbocycles. The van der Waals surface area contributed by atoms with Crippen molar-refractivity contribution in [1.29, 1.82) is 0 Å². The van der Waals surface area contributed by atoms with E-state index in [1.807, 2.05) is 12.1 Å². The molecule has 1 aliphatic carbocycles. The third-order valence-corrected chi connectivity index (χ3v) is 5.10. The molecule has 3 rings (SSSR count). The molecule has 122 valence electrons.